The molecule has 1 aromatic heterocycles. The molecule has 2 aromatic carbocycles. The van der Waals surface area contributed by atoms with Crippen LogP contribution in [0.25, 0.3) is 23.1 Å². The molecule has 1 N–H and O–H groups in total. The zero-order valence-corrected chi connectivity index (χ0v) is 11.5. The van der Waals surface area contributed by atoms with Crippen LogP contribution >= 0.6 is 0 Å². The molecule has 0 bridgehead atoms. The van der Waals surface area contributed by atoms with Gasteiger partial charge in [-0.05, 0) is 29.8 Å². The van der Waals surface area contributed by atoms with Crippen LogP contribution in [0.5, 0.6) is 0 Å². The van der Waals surface area contributed by atoms with Gasteiger partial charge in [-0.1, -0.05) is 36.4 Å². The first-order chi connectivity index (χ1) is 10.6. The van der Waals surface area contributed by atoms with E-state index in [1.807, 2.05) is 36.4 Å². The molecule has 0 unspecified atom stereocenters. The second kappa shape index (κ2) is 5.69. The van der Waals surface area contributed by atoms with E-state index in [0.29, 0.717) is 11.1 Å². The second-order valence-electron chi connectivity index (χ2n) is 4.77. The van der Waals surface area contributed by atoms with Crippen molar-refractivity contribution in [1.29, 1.82) is 0 Å². The molecule has 0 fully saturated rings. The van der Waals surface area contributed by atoms with Gasteiger partial charge in [0, 0.05) is 6.07 Å². The van der Waals surface area contributed by atoms with Gasteiger partial charge in [0.15, 0.2) is 5.43 Å². The molecule has 108 valence electrons. The van der Waals surface area contributed by atoms with Gasteiger partial charge in [0.2, 0.25) is 0 Å². The van der Waals surface area contributed by atoms with E-state index >= 15 is 0 Å². The van der Waals surface area contributed by atoms with Gasteiger partial charge >= 0.3 is 5.97 Å². The van der Waals surface area contributed by atoms with Crippen LogP contribution < -0.4 is 5.43 Å². The fraction of sp³-hybridized carbons (Fsp3) is 0. The summed E-state index contributed by atoms with van der Waals surface area (Å²) in [4.78, 5) is 23.0. The highest BCUT2D eigenvalue weighted by Gasteiger charge is 2.08. The van der Waals surface area contributed by atoms with Crippen LogP contribution in [-0.2, 0) is 0 Å². The van der Waals surface area contributed by atoms with Gasteiger partial charge in [-0.25, -0.2) is 4.79 Å². The van der Waals surface area contributed by atoms with Crippen molar-refractivity contribution in [2.75, 3.05) is 0 Å². The Morgan fingerprint density at radius 1 is 1.00 bits per heavy atom. The van der Waals surface area contributed by atoms with Gasteiger partial charge in [-0.15, -0.1) is 0 Å². The third-order valence-corrected chi connectivity index (χ3v) is 3.23. The lowest BCUT2D eigenvalue weighted by atomic mass is 10.1. The quantitative estimate of drug-likeness (QED) is 0.800. The molecular formula is C18H12O4. The zero-order chi connectivity index (χ0) is 15.5. The summed E-state index contributed by atoms with van der Waals surface area (Å²) in [7, 11) is 0. The minimum atomic E-state index is -1.06. The highest BCUT2D eigenvalue weighted by atomic mass is 16.4. The first kappa shape index (κ1) is 13.8. The summed E-state index contributed by atoms with van der Waals surface area (Å²) < 4.78 is 5.61. The molecule has 0 aliphatic carbocycles. The van der Waals surface area contributed by atoms with Gasteiger partial charge in [-0.3, -0.25) is 4.79 Å². The van der Waals surface area contributed by atoms with Crippen LogP contribution in [0, 0.1) is 0 Å². The Balaban J connectivity index is 2.06. The molecule has 22 heavy (non-hydrogen) atoms. The van der Waals surface area contributed by atoms with Crippen molar-refractivity contribution in [2.45, 2.75) is 0 Å². The van der Waals surface area contributed by atoms with Gasteiger partial charge in [-0.2, -0.15) is 0 Å². The molecule has 0 amide bonds. The highest BCUT2D eigenvalue weighted by Crippen LogP contribution is 2.16. The number of hydrogen-bond acceptors (Lipinski definition) is 3. The van der Waals surface area contributed by atoms with Crippen LogP contribution in [0.3, 0.4) is 0 Å². The number of rotatable bonds is 3. The fourth-order valence-electron chi connectivity index (χ4n) is 2.13. The van der Waals surface area contributed by atoms with Crippen LogP contribution in [0.2, 0.25) is 0 Å². The molecule has 3 rings (SSSR count). The van der Waals surface area contributed by atoms with Crippen LogP contribution in [-0.4, -0.2) is 11.1 Å². The molecule has 0 radical (unpaired) electrons. The van der Waals surface area contributed by atoms with E-state index < -0.39 is 5.97 Å². The summed E-state index contributed by atoms with van der Waals surface area (Å²) in [6.07, 6.45) is 3.51. The third kappa shape index (κ3) is 2.81. The van der Waals surface area contributed by atoms with Crippen LogP contribution in [0.4, 0.5) is 0 Å². The summed E-state index contributed by atoms with van der Waals surface area (Å²) in [6, 6.07) is 15.2. The summed E-state index contributed by atoms with van der Waals surface area (Å²) in [5, 5.41) is 9.36. The SMILES string of the molecule is O=C(O)c1ccc2c(=O)cc(C=Cc3ccccc3)oc2c1. The normalized spacial score (nSPS) is 11.1. The molecule has 0 saturated heterocycles. The van der Waals surface area contributed by atoms with E-state index in [-0.39, 0.29) is 16.6 Å². The molecule has 0 saturated carbocycles. The lowest BCUT2D eigenvalue weighted by molar-refractivity contribution is 0.0697. The van der Waals surface area contributed by atoms with Crippen molar-refractivity contribution >= 4 is 29.1 Å². The Bertz CT molecular complexity index is 921. The molecule has 4 nitrogen and oxygen atoms in total. The smallest absolute Gasteiger partial charge is 0.335 e. The Labute approximate surface area is 125 Å². The Morgan fingerprint density at radius 3 is 2.50 bits per heavy atom. The van der Waals surface area contributed by atoms with Crippen molar-refractivity contribution < 1.29 is 14.3 Å². The average Bonchev–Trinajstić information content (AvgIpc) is 2.53. The van der Waals surface area contributed by atoms with E-state index in [0.717, 1.165) is 5.56 Å². The Morgan fingerprint density at radius 2 is 1.77 bits per heavy atom. The molecule has 0 aliphatic heterocycles. The van der Waals surface area contributed by atoms with E-state index in [1.54, 1.807) is 6.08 Å². The van der Waals surface area contributed by atoms with Crippen molar-refractivity contribution in [3.05, 3.63) is 81.7 Å². The second-order valence-corrected chi connectivity index (χ2v) is 4.77. The van der Waals surface area contributed by atoms with E-state index in [9.17, 15) is 9.59 Å². The maximum absolute atomic E-state index is 12.1. The topological polar surface area (TPSA) is 67.5 Å². The zero-order valence-electron chi connectivity index (χ0n) is 11.5. The predicted octanol–water partition coefficient (Wildman–Crippen LogP) is 3.66. The summed E-state index contributed by atoms with van der Waals surface area (Å²) in [5.74, 6) is -0.682. The minimum absolute atomic E-state index is 0.0832. The minimum Gasteiger partial charge on any atom is -0.478 e. The molecule has 0 atom stereocenters. The fourth-order valence-corrected chi connectivity index (χ4v) is 2.13. The number of carboxylic acid groups (broad SMARTS) is 1. The highest BCUT2D eigenvalue weighted by molar-refractivity contribution is 5.92. The van der Waals surface area contributed by atoms with Gasteiger partial charge < -0.3 is 9.52 Å². The van der Waals surface area contributed by atoms with Gasteiger partial charge in [0.25, 0.3) is 0 Å². The average molecular weight is 292 g/mol. The first-order valence-electron chi connectivity index (χ1n) is 6.68. The lowest BCUT2D eigenvalue weighted by Crippen LogP contribution is -2.02. The monoisotopic (exact) mass is 292 g/mol. The molecule has 3 aromatic rings. The van der Waals surface area contributed by atoms with Crippen molar-refractivity contribution in [3.8, 4) is 0 Å². The first-order valence-corrected chi connectivity index (χ1v) is 6.68. The summed E-state index contributed by atoms with van der Waals surface area (Å²) in [5.41, 5.74) is 1.12. The Kier molecular flexibility index (Phi) is 3.58. The van der Waals surface area contributed by atoms with Crippen molar-refractivity contribution in [2.24, 2.45) is 0 Å². The van der Waals surface area contributed by atoms with E-state index in [2.05, 4.69) is 0 Å². The molecule has 4 heteroatoms. The number of aromatic carboxylic acids is 1. The van der Waals surface area contributed by atoms with Crippen molar-refractivity contribution in [3.63, 3.8) is 0 Å². The number of fused-ring (bicyclic) bond motifs is 1. The van der Waals surface area contributed by atoms with E-state index in [4.69, 9.17) is 9.52 Å². The summed E-state index contributed by atoms with van der Waals surface area (Å²) >= 11 is 0. The number of carbonyl (C=O) groups is 1. The molecule has 1 heterocycles. The number of hydrogen-bond donors (Lipinski definition) is 1. The summed E-state index contributed by atoms with van der Waals surface area (Å²) in [6.45, 7) is 0. The predicted molar refractivity (Wildman–Crippen MR) is 84.8 cm³/mol. The van der Waals surface area contributed by atoms with E-state index in [1.165, 1.54) is 24.3 Å². The largest absolute Gasteiger partial charge is 0.478 e. The van der Waals surface area contributed by atoms with Gasteiger partial charge in [0.05, 0.1) is 10.9 Å². The standard InChI is InChI=1S/C18H12O4/c19-16-11-14(8-6-12-4-2-1-3-5-12)22-17-10-13(18(20)21)7-9-15(16)17/h1-11H,(H,20,21). The molecular weight excluding hydrogens is 280 g/mol. The lowest BCUT2D eigenvalue weighted by Gasteiger charge is -2.01. The number of carboxylic acids is 1. The molecule has 0 aliphatic rings. The van der Waals surface area contributed by atoms with Crippen LogP contribution in [0.1, 0.15) is 21.7 Å². The molecule has 0 spiro atoms. The number of benzene rings is 2. The van der Waals surface area contributed by atoms with Gasteiger partial charge in [0.1, 0.15) is 11.3 Å². The maximum Gasteiger partial charge on any atom is 0.335 e. The van der Waals surface area contributed by atoms with Crippen LogP contribution in [0.15, 0.2) is 63.8 Å². The van der Waals surface area contributed by atoms with Crippen molar-refractivity contribution in [1.82, 2.24) is 0 Å². The third-order valence-electron chi connectivity index (χ3n) is 3.23. The maximum atomic E-state index is 12.1. The Hall–Kier alpha value is -3.14.